The number of rotatable bonds is 11. The molecule has 0 bridgehead atoms. The number of ether oxygens (including phenoxy) is 5. The van der Waals surface area contributed by atoms with Gasteiger partial charge in [0.25, 0.3) is 0 Å². The van der Waals surface area contributed by atoms with E-state index in [-0.39, 0.29) is 30.8 Å². The minimum absolute atomic E-state index is 0.127. The van der Waals surface area contributed by atoms with Crippen molar-refractivity contribution in [3.8, 4) is 11.3 Å². The molecule has 14 nitrogen and oxygen atoms in total. The highest BCUT2D eigenvalue weighted by molar-refractivity contribution is 6.30. The Bertz CT molecular complexity index is 1790. The van der Waals surface area contributed by atoms with Crippen LogP contribution in [0.15, 0.2) is 36.8 Å². The fourth-order valence-electron chi connectivity index (χ4n) is 9.54. The number of benzene rings is 1. The summed E-state index contributed by atoms with van der Waals surface area (Å²) >= 11 is 6.06. The number of fused-ring (bicyclic) bond motifs is 1. The third kappa shape index (κ3) is 9.89. The number of aliphatic hydroxyl groups is 1. The molecule has 4 heterocycles. The van der Waals surface area contributed by atoms with Crippen molar-refractivity contribution in [2.24, 2.45) is 23.7 Å². The van der Waals surface area contributed by atoms with Crippen molar-refractivity contribution in [2.45, 2.75) is 148 Å². The third-order valence-electron chi connectivity index (χ3n) is 13.0. The number of unbranched alkanes of at least 4 members (excludes halogenated alkanes) is 1. The maximum atomic E-state index is 14.7. The van der Waals surface area contributed by atoms with E-state index in [0.717, 1.165) is 11.3 Å². The van der Waals surface area contributed by atoms with Crippen molar-refractivity contribution in [1.82, 2.24) is 19.4 Å². The van der Waals surface area contributed by atoms with Gasteiger partial charge in [-0.3, -0.25) is 14.4 Å². The number of hydrogen-bond donors (Lipinski definition) is 1. The van der Waals surface area contributed by atoms with E-state index in [1.54, 1.807) is 38.9 Å². The van der Waals surface area contributed by atoms with Crippen LogP contribution >= 0.6 is 11.6 Å². The van der Waals surface area contributed by atoms with E-state index in [0.29, 0.717) is 37.4 Å². The Morgan fingerprint density at radius 2 is 1.64 bits per heavy atom. The largest absolute Gasteiger partial charge is 0.458 e. The Morgan fingerprint density at radius 3 is 2.27 bits per heavy atom. The number of Topliss-reactive ketones (excluding diaryl/α,β-unsaturated/α-hetero) is 2. The summed E-state index contributed by atoms with van der Waals surface area (Å²) < 4.78 is 33.2. The highest BCUT2D eigenvalue weighted by Crippen LogP contribution is 2.43. The summed E-state index contributed by atoms with van der Waals surface area (Å²) in [5, 5.41) is 12.1. The molecule has 3 aliphatic heterocycles. The molecule has 15 heteroatoms. The van der Waals surface area contributed by atoms with E-state index in [1.807, 2.05) is 74.8 Å². The number of esters is 1. The zero-order chi connectivity index (χ0) is 43.6. The average Bonchev–Trinajstić information content (AvgIpc) is 3.77. The predicted molar refractivity (Wildman–Crippen MR) is 221 cm³/mol. The highest BCUT2D eigenvalue weighted by atomic mass is 35.5. The molecule has 0 saturated carbocycles. The molecule has 3 saturated heterocycles. The van der Waals surface area contributed by atoms with Gasteiger partial charge < -0.3 is 43.2 Å². The number of halogens is 1. The van der Waals surface area contributed by atoms with Crippen LogP contribution < -0.4 is 0 Å². The predicted octanol–water partition coefficient (Wildman–Crippen LogP) is 6.19. The molecule has 2 aromatic rings. The number of carbonyl (C=O) groups is 4. The summed E-state index contributed by atoms with van der Waals surface area (Å²) in [6.07, 6.45) is 0.947. The van der Waals surface area contributed by atoms with E-state index in [2.05, 4.69) is 4.98 Å². The number of nitrogens with zero attached hydrogens (tertiary/aromatic N) is 4. The van der Waals surface area contributed by atoms with Gasteiger partial charge in [0.1, 0.15) is 23.9 Å². The van der Waals surface area contributed by atoms with Gasteiger partial charge >= 0.3 is 12.1 Å². The van der Waals surface area contributed by atoms with E-state index in [4.69, 9.17) is 35.3 Å². The van der Waals surface area contributed by atoms with Crippen LogP contribution in [-0.2, 0) is 44.6 Å². The van der Waals surface area contributed by atoms with Crippen molar-refractivity contribution < 1.29 is 48.0 Å². The van der Waals surface area contributed by atoms with E-state index in [1.165, 1.54) is 14.0 Å². The first-order valence-electron chi connectivity index (χ1n) is 21.0. The lowest BCUT2D eigenvalue weighted by Crippen LogP contribution is -2.60. The molecule has 1 N–H and O–H groups in total. The van der Waals surface area contributed by atoms with Crippen LogP contribution in [0.4, 0.5) is 4.79 Å². The lowest BCUT2D eigenvalue weighted by atomic mass is 9.73. The fourth-order valence-corrected chi connectivity index (χ4v) is 9.66. The normalized spacial score (nSPS) is 36.3. The van der Waals surface area contributed by atoms with Gasteiger partial charge in [-0.25, -0.2) is 9.78 Å². The molecule has 0 aliphatic carbocycles. The summed E-state index contributed by atoms with van der Waals surface area (Å²) in [5.74, 6) is -4.97. The zero-order valence-corrected chi connectivity index (χ0v) is 37.3. The quantitative estimate of drug-likeness (QED) is 0.156. The Kier molecular flexibility index (Phi) is 15.1. The summed E-state index contributed by atoms with van der Waals surface area (Å²) in [5.41, 5.74) is -0.904. The maximum Gasteiger partial charge on any atom is 0.410 e. The third-order valence-corrected chi connectivity index (χ3v) is 13.3. The first kappa shape index (κ1) is 46.7. The van der Waals surface area contributed by atoms with Crippen LogP contribution in [0.1, 0.15) is 87.5 Å². The molecule has 1 amide bonds. The number of hydrogen-bond acceptors (Lipinski definition) is 12. The molecular weight excluding hydrogens is 780 g/mol. The number of amides is 1. The van der Waals surface area contributed by atoms with Crippen molar-refractivity contribution >= 4 is 35.2 Å². The van der Waals surface area contributed by atoms with Gasteiger partial charge in [0, 0.05) is 60.8 Å². The van der Waals surface area contributed by atoms with Crippen LogP contribution in [-0.4, -0.2) is 130 Å². The first-order chi connectivity index (χ1) is 27.8. The average molecular weight is 845 g/mol. The molecule has 328 valence electrons. The van der Waals surface area contributed by atoms with Gasteiger partial charge in [-0.05, 0) is 86.0 Å². The molecule has 3 aliphatic rings. The number of imidazole rings is 1. The molecule has 0 unspecified atom stereocenters. The second-order valence-corrected chi connectivity index (χ2v) is 18.0. The molecule has 13 atom stereocenters. The highest BCUT2D eigenvalue weighted by Gasteiger charge is 2.60. The molecule has 0 radical (unpaired) electrons. The van der Waals surface area contributed by atoms with Gasteiger partial charge in [-0.2, -0.15) is 0 Å². The lowest BCUT2D eigenvalue weighted by Gasteiger charge is -2.47. The Labute approximate surface area is 354 Å². The van der Waals surface area contributed by atoms with Gasteiger partial charge in [0.2, 0.25) is 0 Å². The smallest absolute Gasteiger partial charge is 0.410 e. The lowest BCUT2D eigenvalue weighted by molar-refractivity contribution is -0.295. The fraction of sp³-hybridized carbons (Fsp3) is 0.705. The number of aromatic nitrogens is 2. The summed E-state index contributed by atoms with van der Waals surface area (Å²) in [7, 11) is 5.24. The van der Waals surface area contributed by atoms with Crippen molar-refractivity contribution in [2.75, 3.05) is 27.7 Å². The van der Waals surface area contributed by atoms with Crippen molar-refractivity contribution in [3.05, 3.63) is 41.8 Å². The topological polar surface area (TPSA) is 159 Å². The van der Waals surface area contributed by atoms with Crippen LogP contribution in [0.25, 0.3) is 11.3 Å². The summed E-state index contributed by atoms with van der Waals surface area (Å²) in [4.78, 5) is 64.9. The van der Waals surface area contributed by atoms with E-state index >= 15 is 0 Å². The minimum atomic E-state index is -1.41. The van der Waals surface area contributed by atoms with Gasteiger partial charge in [0.05, 0.1) is 35.9 Å². The van der Waals surface area contributed by atoms with Gasteiger partial charge in [0.15, 0.2) is 17.7 Å². The molecule has 3 fully saturated rings. The van der Waals surface area contributed by atoms with Crippen molar-refractivity contribution in [3.63, 3.8) is 0 Å². The number of carbonyl (C=O) groups excluding carboxylic acids is 4. The van der Waals surface area contributed by atoms with Gasteiger partial charge in [-0.1, -0.05) is 51.4 Å². The molecule has 5 rings (SSSR count). The van der Waals surface area contributed by atoms with Crippen molar-refractivity contribution in [1.29, 1.82) is 0 Å². The van der Waals surface area contributed by atoms with Crippen LogP contribution in [0.5, 0.6) is 0 Å². The Morgan fingerprint density at radius 1 is 0.983 bits per heavy atom. The second-order valence-electron chi connectivity index (χ2n) is 17.6. The molecule has 1 aromatic carbocycles. The Balaban J connectivity index is 1.43. The number of likely N-dealkylation sites (N-methyl/N-ethyl adjacent to an activating group) is 1. The SMILES string of the molecule is CC[C@H]1OC(=O)[C@H](C)C(=O)[C@H](C)[C@@H](O[C@@H]2O[C@H](C)C[C@H](N(C)C)[C@H]2O)[C@](C)(OC)C[C@@H](C)C(=O)[C@H](C)[C@H]2N(CCCCn3cnc(-c4ccc(Cl)cc4)c3)C(=O)O[C@]12C. The minimum Gasteiger partial charge on any atom is -0.458 e. The van der Waals surface area contributed by atoms with Crippen LogP contribution in [0.2, 0.25) is 5.02 Å². The standard InChI is InChI=1S/C44H65ClN4O10/c1-12-34-44(8)38(49(42(54)59-44)20-14-13-19-48-23-32(46-24-48)30-15-17-31(45)18-16-30)27(4)35(50)25(2)22-43(7,55-11)39(28(5)36(51)29(6)40(53)57-34)58-41-37(52)33(47(9)10)21-26(3)56-41/h15-18,23-29,33-34,37-39,41,52H,12-14,19-22H2,1-11H3/t25-,26-,27+,28+,29-,33+,34-,37-,38-,39-,41+,43-,44-/m1/s1. The maximum absolute atomic E-state index is 14.7. The number of ketones is 2. The van der Waals surface area contributed by atoms with Crippen LogP contribution in [0.3, 0.4) is 0 Å². The number of cyclic esters (lactones) is 1. The van der Waals surface area contributed by atoms with E-state index < -0.39 is 83.4 Å². The number of aryl methyl sites for hydroxylation is 1. The summed E-state index contributed by atoms with van der Waals surface area (Å²) in [6, 6.07) is 6.40. The van der Waals surface area contributed by atoms with Gasteiger partial charge in [-0.15, -0.1) is 0 Å². The molecule has 1 aromatic heterocycles. The monoisotopic (exact) mass is 844 g/mol. The first-order valence-corrected chi connectivity index (χ1v) is 21.4. The second kappa shape index (κ2) is 19.1. The number of aliphatic hydroxyl groups excluding tert-OH is 1. The molecule has 0 spiro atoms. The Hall–Kier alpha value is -3.40. The van der Waals surface area contributed by atoms with Crippen LogP contribution in [0, 0.1) is 23.7 Å². The molecular formula is C44H65ClN4O10. The molecule has 59 heavy (non-hydrogen) atoms. The zero-order valence-electron chi connectivity index (χ0n) is 36.6. The summed E-state index contributed by atoms with van der Waals surface area (Å²) in [6.45, 7) is 14.9. The van der Waals surface area contributed by atoms with E-state index in [9.17, 15) is 24.3 Å². The number of methoxy groups -OCH3 is 1.